The number of hydrogen-bond acceptors (Lipinski definition) is 3. The molecule has 2 atom stereocenters. The van der Waals surface area contributed by atoms with E-state index in [9.17, 15) is 9.59 Å². The lowest BCUT2D eigenvalue weighted by molar-refractivity contribution is -0.144. The molecule has 5 nitrogen and oxygen atoms in total. The molecule has 0 bridgehead atoms. The monoisotopic (exact) mass is 380 g/mol. The molecule has 0 heterocycles. The van der Waals surface area contributed by atoms with Crippen molar-refractivity contribution in [3.63, 3.8) is 0 Å². The van der Waals surface area contributed by atoms with E-state index in [0.29, 0.717) is 6.54 Å². The Morgan fingerprint density at radius 2 is 1.86 bits per heavy atom. The average molecular weight is 380 g/mol. The van der Waals surface area contributed by atoms with Crippen LogP contribution in [0.1, 0.15) is 42.5 Å². The lowest BCUT2D eigenvalue weighted by atomic mass is 9.86. The number of carbonyl (C=O) groups excluding carboxylic acids is 2. The number of fused-ring (bicyclic) bond motifs is 1. The van der Waals surface area contributed by atoms with Crippen molar-refractivity contribution in [2.45, 2.75) is 44.8 Å². The van der Waals surface area contributed by atoms with Crippen molar-refractivity contribution in [2.24, 2.45) is 0 Å². The summed E-state index contributed by atoms with van der Waals surface area (Å²) in [4.78, 5) is 27.4. The Kier molecular flexibility index (Phi) is 6.82. The first-order valence-corrected chi connectivity index (χ1v) is 9.79. The van der Waals surface area contributed by atoms with Crippen LogP contribution in [-0.2, 0) is 27.3 Å². The van der Waals surface area contributed by atoms with Gasteiger partial charge in [-0.1, -0.05) is 54.6 Å². The van der Waals surface area contributed by atoms with Crippen molar-refractivity contribution in [3.8, 4) is 0 Å². The molecule has 0 fully saturated rings. The van der Waals surface area contributed by atoms with Gasteiger partial charge >= 0.3 is 0 Å². The largest absolute Gasteiger partial charge is 0.382 e. The predicted octanol–water partition coefficient (Wildman–Crippen LogP) is 3.24. The third-order valence-corrected chi connectivity index (χ3v) is 5.31. The Labute approximate surface area is 166 Å². The maximum atomic E-state index is 13.0. The Balaban J connectivity index is 1.83. The molecule has 0 aromatic heterocycles. The third kappa shape index (κ3) is 4.60. The van der Waals surface area contributed by atoms with Gasteiger partial charge in [-0.2, -0.15) is 0 Å². The quantitative estimate of drug-likeness (QED) is 0.802. The van der Waals surface area contributed by atoms with Gasteiger partial charge in [0.15, 0.2) is 0 Å². The molecular weight excluding hydrogens is 352 g/mol. The number of methoxy groups -OCH3 is 1. The molecule has 0 saturated carbocycles. The number of nitrogens with one attached hydrogen (secondary N) is 1. The van der Waals surface area contributed by atoms with Crippen LogP contribution in [0.4, 0.5) is 0 Å². The highest BCUT2D eigenvalue weighted by Gasteiger charge is 2.36. The molecule has 2 amide bonds. The summed E-state index contributed by atoms with van der Waals surface area (Å²) in [7, 11) is 1.56. The van der Waals surface area contributed by atoms with Crippen LogP contribution in [0.25, 0.3) is 0 Å². The summed E-state index contributed by atoms with van der Waals surface area (Å²) < 4.78 is 5.33. The van der Waals surface area contributed by atoms with E-state index < -0.39 is 6.04 Å². The lowest BCUT2D eigenvalue weighted by Gasteiger charge is -2.39. The second-order valence-electron chi connectivity index (χ2n) is 7.21. The number of ether oxygens (including phenoxy) is 1. The molecule has 1 aliphatic rings. The smallest absolute Gasteiger partial charge is 0.245 e. The Morgan fingerprint density at radius 3 is 2.57 bits per heavy atom. The average Bonchev–Trinajstić information content (AvgIpc) is 2.72. The molecule has 0 radical (unpaired) electrons. The molecule has 3 rings (SSSR count). The van der Waals surface area contributed by atoms with Gasteiger partial charge in [-0.15, -0.1) is 0 Å². The molecule has 0 saturated heterocycles. The zero-order chi connectivity index (χ0) is 19.9. The second-order valence-corrected chi connectivity index (χ2v) is 7.21. The summed E-state index contributed by atoms with van der Waals surface area (Å²) in [5, 5.41) is 2.97. The summed E-state index contributed by atoms with van der Waals surface area (Å²) in [6, 6.07) is 17.2. The van der Waals surface area contributed by atoms with Crippen LogP contribution in [0, 0.1) is 0 Å². The maximum absolute atomic E-state index is 13.0. The molecular formula is C23H28N2O3. The second kappa shape index (κ2) is 9.51. The highest BCUT2D eigenvalue weighted by molar-refractivity contribution is 5.87. The first kappa shape index (κ1) is 20.1. The van der Waals surface area contributed by atoms with E-state index in [4.69, 9.17) is 4.74 Å². The van der Waals surface area contributed by atoms with Gasteiger partial charge in [-0.3, -0.25) is 9.59 Å². The topological polar surface area (TPSA) is 58.6 Å². The van der Waals surface area contributed by atoms with Gasteiger partial charge < -0.3 is 15.0 Å². The Hall–Kier alpha value is -2.66. The normalized spacial score (nSPS) is 16.7. The van der Waals surface area contributed by atoms with Crippen LogP contribution in [0.2, 0.25) is 0 Å². The molecule has 28 heavy (non-hydrogen) atoms. The molecule has 1 unspecified atom stereocenters. The summed E-state index contributed by atoms with van der Waals surface area (Å²) in [6.45, 7) is 2.12. The van der Waals surface area contributed by atoms with Crippen molar-refractivity contribution in [2.75, 3.05) is 13.7 Å². The number of aryl methyl sites for hydroxylation is 1. The number of benzene rings is 2. The van der Waals surface area contributed by atoms with Crippen LogP contribution in [0.3, 0.4) is 0 Å². The minimum atomic E-state index is -0.664. The number of rotatable bonds is 7. The molecule has 0 spiro atoms. The minimum Gasteiger partial charge on any atom is -0.382 e. The molecule has 0 aliphatic heterocycles. The van der Waals surface area contributed by atoms with Crippen molar-refractivity contribution in [3.05, 3.63) is 71.3 Å². The highest BCUT2D eigenvalue weighted by Crippen LogP contribution is 2.35. The van der Waals surface area contributed by atoms with Gasteiger partial charge in [0.25, 0.3) is 0 Å². The summed E-state index contributed by atoms with van der Waals surface area (Å²) in [5.74, 6) is -0.303. The van der Waals surface area contributed by atoms with E-state index in [1.165, 1.54) is 12.5 Å². The maximum Gasteiger partial charge on any atom is 0.245 e. The zero-order valence-electron chi connectivity index (χ0n) is 16.6. The highest BCUT2D eigenvalue weighted by atomic mass is 16.5. The zero-order valence-corrected chi connectivity index (χ0v) is 16.6. The first-order chi connectivity index (χ1) is 13.6. The minimum absolute atomic E-state index is 0.106. The van der Waals surface area contributed by atoms with Gasteiger partial charge in [0, 0.05) is 20.6 Å². The molecule has 2 aromatic rings. The fraction of sp³-hybridized carbons (Fsp3) is 0.391. The molecule has 148 valence electrons. The predicted molar refractivity (Wildman–Crippen MR) is 109 cm³/mol. The van der Waals surface area contributed by atoms with Crippen LogP contribution in [0.15, 0.2) is 54.6 Å². The SMILES string of the molecule is COCC(C(=O)NCc1ccccc1)N(C(C)=O)[C@H]1CCCc2ccccc21. The van der Waals surface area contributed by atoms with Gasteiger partial charge in [-0.05, 0) is 36.0 Å². The van der Waals surface area contributed by atoms with Gasteiger partial charge in [0.1, 0.15) is 6.04 Å². The summed E-state index contributed by atoms with van der Waals surface area (Å²) in [6.07, 6.45) is 2.85. The first-order valence-electron chi connectivity index (χ1n) is 9.79. The van der Waals surface area contributed by atoms with Gasteiger partial charge in [-0.25, -0.2) is 0 Å². The van der Waals surface area contributed by atoms with Crippen LogP contribution >= 0.6 is 0 Å². The van der Waals surface area contributed by atoms with Crippen LogP contribution in [0.5, 0.6) is 0 Å². The van der Waals surface area contributed by atoms with Crippen LogP contribution in [-0.4, -0.2) is 36.5 Å². The molecule has 5 heteroatoms. The van der Waals surface area contributed by atoms with Crippen molar-refractivity contribution < 1.29 is 14.3 Å². The van der Waals surface area contributed by atoms with Crippen molar-refractivity contribution >= 4 is 11.8 Å². The number of carbonyl (C=O) groups is 2. The number of hydrogen-bond donors (Lipinski definition) is 1. The molecule has 1 aliphatic carbocycles. The molecule has 2 aromatic carbocycles. The lowest BCUT2D eigenvalue weighted by Crippen LogP contribution is -2.53. The van der Waals surface area contributed by atoms with E-state index in [-0.39, 0.29) is 24.5 Å². The van der Waals surface area contributed by atoms with Gasteiger partial charge in [0.05, 0.1) is 12.6 Å². The van der Waals surface area contributed by atoms with Crippen LogP contribution < -0.4 is 5.32 Å². The number of nitrogens with zero attached hydrogens (tertiary/aromatic N) is 1. The molecule has 1 N–H and O–H groups in total. The van der Waals surface area contributed by atoms with E-state index in [0.717, 1.165) is 30.4 Å². The van der Waals surface area contributed by atoms with Crippen molar-refractivity contribution in [1.82, 2.24) is 10.2 Å². The standard InChI is InChI=1S/C23H28N2O3/c1-17(26)25(21-14-8-12-19-11-6-7-13-20(19)21)22(16-28-2)23(27)24-15-18-9-4-3-5-10-18/h3-7,9-11,13,21-22H,8,12,14-16H2,1-2H3,(H,24,27)/t21-,22?/m0/s1. The van der Waals surface area contributed by atoms with E-state index in [1.54, 1.807) is 12.0 Å². The Morgan fingerprint density at radius 1 is 1.14 bits per heavy atom. The fourth-order valence-electron chi connectivity index (χ4n) is 4.02. The summed E-state index contributed by atoms with van der Waals surface area (Å²) >= 11 is 0. The summed E-state index contributed by atoms with van der Waals surface area (Å²) in [5.41, 5.74) is 3.41. The van der Waals surface area contributed by atoms with Crippen molar-refractivity contribution in [1.29, 1.82) is 0 Å². The fourth-order valence-corrected chi connectivity index (χ4v) is 4.02. The van der Waals surface area contributed by atoms with E-state index in [2.05, 4.69) is 17.4 Å². The Bertz CT molecular complexity index is 807. The van der Waals surface area contributed by atoms with E-state index >= 15 is 0 Å². The number of amides is 2. The van der Waals surface area contributed by atoms with E-state index in [1.807, 2.05) is 42.5 Å². The third-order valence-electron chi connectivity index (χ3n) is 5.31. The van der Waals surface area contributed by atoms with Gasteiger partial charge in [0.2, 0.25) is 11.8 Å².